The molecule has 1 N–H and O–H groups in total. The molecule has 0 spiro atoms. The smallest absolute Gasteiger partial charge is 0.309 e. The van der Waals surface area contributed by atoms with Gasteiger partial charge in [-0.25, -0.2) is 0 Å². The first-order valence-corrected chi connectivity index (χ1v) is 9.08. The molecule has 0 saturated carbocycles. The SMILES string of the molecule is CCCc1cc(-c2ccccc2)cc(-c2ccccc2)[n+]1CCC(=O)O. The molecular formula is C23H24NO2+. The van der Waals surface area contributed by atoms with Gasteiger partial charge in [-0.3, -0.25) is 4.79 Å². The van der Waals surface area contributed by atoms with Crippen molar-refractivity contribution in [2.24, 2.45) is 0 Å². The van der Waals surface area contributed by atoms with Crippen LogP contribution in [0.5, 0.6) is 0 Å². The molecular weight excluding hydrogens is 322 g/mol. The lowest BCUT2D eigenvalue weighted by atomic mass is 10.00. The summed E-state index contributed by atoms with van der Waals surface area (Å²) in [5.74, 6) is -0.772. The van der Waals surface area contributed by atoms with Crippen molar-refractivity contribution < 1.29 is 14.5 Å². The second-order valence-corrected chi connectivity index (χ2v) is 6.40. The number of nitrogens with zero attached hydrogens (tertiary/aromatic N) is 1. The Morgan fingerprint density at radius 1 is 0.885 bits per heavy atom. The van der Waals surface area contributed by atoms with Gasteiger partial charge in [0.05, 0.1) is 0 Å². The highest BCUT2D eigenvalue weighted by atomic mass is 16.4. The highest BCUT2D eigenvalue weighted by Crippen LogP contribution is 2.25. The second kappa shape index (κ2) is 8.43. The molecule has 0 unspecified atom stereocenters. The summed E-state index contributed by atoms with van der Waals surface area (Å²) in [7, 11) is 0. The number of benzene rings is 2. The maximum Gasteiger partial charge on any atom is 0.309 e. The Balaban J connectivity index is 2.18. The highest BCUT2D eigenvalue weighted by Gasteiger charge is 2.21. The number of carboxylic acids is 1. The molecule has 2 aromatic carbocycles. The Bertz CT molecular complexity index is 873. The first-order chi connectivity index (χ1) is 12.7. The number of carbonyl (C=O) groups is 1. The maximum absolute atomic E-state index is 11.2. The quantitative estimate of drug-likeness (QED) is 0.628. The molecule has 1 heterocycles. The Labute approximate surface area is 154 Å². The van der Waals surface area contributed by atoms with Gasteiger partial charge in [0, 0.05) is 24.1 Å². The van der Waals surface area contributed by atoms with E-state index < -0.39 is 5.97 Å². The number of carboxylic acid groups (broad SMARTS) is 1. The molecule has 0 aliphatic carbocycles. The molecule has 3 rings (SSSR count). The number of rotatable bonds is 7. The first-order valence-electron chi connectivity index (χ1n) is 9.08. The van der Waals surface area contributed by atoms with Crippen LogP contribution >= 0.6 is 0 Å². The largest absolute Gasteiger partial charge is 0.481 e. The molecule has 0 fully saturated rings. The van der Waals surface area contributed by atoms with Gasteiger partial charge < -0.3 is 5.11 Å². The number of hydrogen-bond donors (Lipinski definition) is 1. The molecule has 0 radical (unpaired) electrons. The number of aliphatic carboxylic acids is 1. The molecule has 1 aromatic heterocycles. The molecule has 0 saturated heterocycles. The van der Waals surface area contributed by atoms with Crippen molar-refractivity contribution in [2.75, 3.05) is 0 Å². The summed E-state index contributed by atoms with van der Waals surface area (Å²) in [5.41, 5.74) is 5.69. The molecule has 26 heavy (non-hydrogen) atoms. The van der Waals surface area contributed by atoms with Crippen molar-refractivity contribution in [3.63, 3.8) is 0 Å². The van der Waals surface area contributed by atoms with E-state index in [1.165, 1.54) is 16.8 Å². The van der Waals surface area contributed by atoms with Crippen LogP contribution in [-0.2, 0) is 17.8 Å². The Morgan fingerprint density at radius 2 is 1.50 bits per heavy atom. The third-order valence-corrected chi connectivity index (χ3v) is 4.48. The van der Waals surface area contributed by atoms with Crippen LogP contribution in [0, 0.1) is 0 Å². The van der Waals surface area contributed by atoms with Crippen LogP contribution in [0.1, 0.15) is 25.5 Å². The number of hydrogen-bond acceptors (Lipinski definition) is 1. The molecule has 0 atom stereocenters. The van der Waals surface area contributed by atoms with Gasteiger partial charge in [0.15, 0.2) is 12.2 Å². The zero-order valence-corrected chi connectivity index (χ0v) is 15.1. The highest BCUT2D eigenvalue weighted by molar-refractivity contribution is 5.69. The average molecular weight is 346 g/mol. The van der Waals surface area contributed by atoms with Gasteiger partial charge in [-0.15, -0.1) is 0 Å². The fraction of sp³-hybridized carbons (Fsp3) is 0.217. The van der Waals surface area contributed by atoms with E-state index in [9.17, 15) is 9.90 Å². The molecule has 132 valence electrons. The minimum atomic E-state index is -0.772. The Hall–Kier alpha value is -2.94. The van der Waals surface area contributed by atoms with Crippen LogP contribution in [0.4, 0.5) is 0 Å². The zero-order chi connectivity index (χ0) is 18.4. The molecule has 3 heteroatoms. The minimum absolute atomic E-state index is 0.117. The first kappa shape index (κ1) is 17.9. The van der Waals surface area contributed by atoms with E-state index in [1.807, 2.05) is 36.4 Å². The molecule has 0 aliphatic heterocycles. The van der Waals surface area contributed by atoms with Gasteiger partial charge in [-0.1, -0.05) is 55.5 Å². The number of aryl methyl sites for hydroxylation is 1. The molecule has 0 aliphatic rings. The van der Waals surface area contributed by atoms with E-state index in [0.717, 1.165) is 24.1 Å². The maximum atomic E-state index is 11.2. The van der Waals surface area contributed by atoms with Gasteiger partial charge in [0.25, 0.3) is 0 Å². The van der Waals surface area contributed by atoms with Crippen LogP contribution in [0.3, 0.4) is 0 Å². The summed E-state index contributed by atoms with van der Waals surface area (Å²) in [6.45, 7) is 2.63. The van der Waals surface area contributed by atoms with Crippen LogP contribution in [0.15, 0.2) is 72.8 Å². The van der Waals surface area contributed by atoms with Gasteiger partial charge in [0.2, 0.25) is 5.69 Å². The third-order valence-electron chi connectivity index (χ3n) is 4.48. The van der Waals surface area contributed by atoms with Crippen molar-refractivity contribution in [1.82, 2.24) is 0 Å². The Morgan fingerprint density at radius 3 is 2.08 bits per heavy atom. The normalized spacial score (nSPS) is 10.7. The van der Waals surface area contributed by atoms with E-state index in [4.69, 9.17) is 0 Å². The van der Waals surface area contributed by atoms with E-state index in [1.54, 1.807) is 0 Å². The summed E-state index contributed by atoms with van der Waals surface area (Å²) in [6.07, 6.45) is 2.05. The summed E-state index contributed by atoms with van der Waals surface area (Å²) >= 11 is 0. The predicted molar refractivity (Wildman–Crippen MR) is 104 cm³/mol. The van der Waals surface area contributed by atoms with Gasteiger partial charge >= 0.3 is 5.97 Å². The molecule has 3 nitrogen and oxygen atoms in total. The number of pyridine rings is 1. The average Bonchev–Trinajstić information content (AvgIpc) is 2.68. The second-order valence-electron chi connectivity index (χ2n) is 6.40. The van der Waals surface area contributed by atoms with E-state index >= 15 is 0 Å². The van der Waals surface area contributed by atoms with Gasteiger partial charge in [0.1, 0.15) is 6.42 Å². The van der Waals surface area contributed by atoms with Crippen molar-refractivity contribution in [3.05, 3.63) is 78.5 Å². The lowest BCUT2D eigenvalue weighted by Gasteiger charge is -2.12. The lowest BCUT2D eigenvalue weighted by Crippen LogP contribution is -2.42. The molecule has 3 aromatic rings. The lowest BCUT2D eigenvalue weighted by molar-refractivity contribution is -0.692. The fourth-order valence-corrected chi connectivity index (χ4v) is 3.26. The molecule has 0 amide bonds. The third kappa shape index (κ3) is 4.17. The topological polar surface area (TPSA) is 41.2 Å². The van der Waals surface area contributed by atoms with Crippen molar-refractivity contribution in [2.45, 2.75) is 32.7 Å². The Kier molecular flexibility index (Phi) is 5.80. The van der Waals surface area contributed by atoms with Crippen LogP contribution in [0.25, 0.3) is 22.4 Å². The predicted octanol–water partition coefficient (Wildman–Crippen LogP) is 4.74. The summed E-state index contributed by atoms with van der Waals surface area (Å²) < 4.78 is 2.17. The minimum Gasteiger partial charge on any atom is -0.481 e. The summed E-state index contributed by atoms with van der Waals surface area (Å²) in [5, 5.41) is 9.18. The van der Waals surface area contributed by atoms with Crippen LogP contribution < -0.4 is 4.57 Å². The number of aromatic nitrogens is 1. The monoisotopic (exact) mass is 346 g/mol. The van der Waals surface area contributed by atoms with Crippen molar-refractivity contribution in [3.8, 4) is 22.4 Å². The summed E-state index contributed by atoms with van der Waals surface area (Å²) in [4.78, 5) is 11.2. The zero-order valence-electron chi connectivity index (χ0n) is 15.1. The van der Waals surface area contributed by atoms with Crippen LogP contribution in [0.2, 0.25) is 0 Å². The van der Waals surface area contributed by atoms with Gasteiger partial charge in [-0.2, -0.15) is 4.57 Å². The van der Waals surface area contributed by atoms with E-state index in [0.29, 0.717) is 6.54 Å². The standard InChI is InChI=1S/C23H23NO2/c1-2-9-21-16-20(18-10-5-3-6-11-18)17-22(19-12-7-4-8-13-19)24(21)15-14-23(25)26/h3-8,10-13,16-17H,2,9,14-15H2,1H3/p+1. The summed E-state index contributed by atoms with van der Waals surface area (Å²) in [6, 6.07) is 24.9. The fourth-order valence-electron chi connectivity index (χ4n) is 3.26. The van der Waals surface area contributed by atoms with Gasteiger partial charge in [-0.05, 0) is 29.7 Å². The van der Waals surface area contributed by atoms with E-state index in [-0.39, 0.29) is 6.42 Å². The van der Waals surface area contributed by atoms with Crippen LogP contribution in [-0.4, -0.2) is 11.1 Å². The van der Waals surface area contributed by atoms with Crippen molar-refractivity contribution in [1.29, 1.82) is 0 Å². The van der Waals surface area contributed by atoms with Crippen molar-refractivity contribution >= 4 is 5.97 Å². The molecule has 0 bridgehead atoms. The van der Waals surface area contributed by atoms with E-state index in [2.05, 4.69) is 47.9 Å².